The fraction of sp³-hybridized carbons (Fsp3) is 0.182. The van der Waals surface area contributed by atoms with Gasteiger partial charge in [0.05, 0.1) is 6.04 Å². The van der Waals surface area contributed by atoms with Gasteiger partial charge in [-0.15, -0.1) is 0 Å². The van der Waals surface area contributed by atoms with Crippen molar-refractivity contribution >= 4 is 33.4 Å². The zero-order valence-corrected chi connectivity index (χ0v) is 18.1. The molecule has 6 nitrogen and oxygen atoms in total. The molecule has 1 aromatic heterocycles. The number of furan rings is 1. The SMILES string of the molecule is CN(C)C(CNC(=O)c1cccc(NC(=O)c2ccc(Br)o2)c1)c1cccc(F)c1. The van der Waals surface area contributed by atoms with Crippen LogP contribution in [0, 0.1) is 5.82 Å². The summed E-state index contributed by atoms with van der Waals surface area (Å²) in [5.74, 6) is -0.884. The molecule has 1 heterocycles. The van der Waals surface area contributed by atoms with E-state index in [0.717, 1.165) is 5.56 Å². The first-order valence-corrected chi connectivity index (χ1v) is 9.99. The number of carbonyl (C=O) groups excluding carboxylic acids is 2. The third-order valence-electron chi connectivity index (χ3n) is 4.49. The van der Waals surface area contributed by atoms with Crippen LogP contribution in [0.4, 0.5) is 10.1 Å². The van der Waals surface area contributed by atoms with Crippen LogP contribution >= 0.6 is 15.9 Å². The van der Waals surface area contributed by atoms with E-state index in [-0.39, 0.29) is 23.5 Å². The molecule has 0 saturated carbocycles. The second kappa shape index (κ2) is 9.69. The minimum absolute atomic E-state index is 0.153. The quantitative estimate of drug-likeness (QED) is 0.530. The van der Waals surface area contributed by atoms with E-state index in [9.17, 15) is 14.0 Å². The highest BCUT2D eigenvalue weighted by Gasteiger charge is 2.17. The highest BCUT2D eigenvalue weighted by atomic mass is 79.9. The number of halogens is 2. The summed E-state index contributed by atoms with van der Waals surface area (Å²) >= 11 is 3.15. The van der Waals surface area contributed by atoms with E-state index in [4.69, 9.17) is 4.42 Å². The van der Waals surface area contributed by atoms with Crippen molar-refractivity contribution in [2.24, 2.45) is 0 Å². The Bertz CT molecular complexity index is 1050. The lowest BCUT2D eigenvalue weighted by molar-refractivity contribution is 0.0940. The topological polar surface area (TPSA) is 74.6 Å². The molecule has 8 heteroatoms. The van der Waals surface area contributed by atoms with Crippen LogP contribution in [-0.2, 0) is 0 Å². The van der Waals surface area contributed by atoms with E-state index in [1.165, 1.54) is 12.1 Å². The standard InChI is InChI=1S/C22H21BrFN3O3/c1-27(2)18(14-5-3-7-16(24)11-14)13-25-21(28)15-6-4-8-17(12-15)26-22(29)19-9-10-20(23)30-19/h3-12,18H,13H2,1-2H3,(H,25,28)(H,26,29). The molecule has 0 aliphatic carbocycles. The number of benzene rings is 2. The minimum atomic E-state index is -0.419. The van der Waals surface area contributed by atoms with Crippen LogP contribution in [0.3, 0.4) is 0 Å². The van der Waals surface area contributed by atoms with Crippen molar-refractivity contribution in [3.8, 4) is 0 Å². The highest BCUT2D eigenvalue weighted by molar-refractivity contribution is 9.10. The van der Waals surface area contributed by atoms with Crippen LogP contribution in [0.5, 0.6) is 0 Å². The Kier molecular flexibility index (Phi) is 7.02. The third kappa shape index (κ3) is 5.55. The largest absolute Gasteiger partial charge is 0.444 e. The van der Waals surface area contributed by atoms with Crippen LogP contribution in [0.2, 0.25) is 0 Å². The number of rotatable bonds is 7. The summed E-state index contributed by atoms with van der Waals surface area (Å²) in [6, 6.07) is 15.9. The van der Waals surface area contributed by atoms with E-state index in [1.54, 1.807) is 42.5 Å². The van der Waals surface area contributed by atoms with Crippen LogP contribution < -0.4 is 10.6 Å². The van der Waals surface area contributed by atoms with Gasteiger partial charge in [0.25, 0.3) is 11.8 Å². The first kappa shape index (κ1) is 21.7. The maximum Gasteiger partial charge on any atom is 0.291 e. The number of nitrogens with zero attached hydrogens (tertiary/aromatic N) is 1. The number of carbonyl (C=O) groups is 2. The van der Waals surface area contributed by atoms with E-state index in [0.29, 0.717) is 22.5 Å². The van der Waals surface area contributed by atoms with Crippen molar-refractivity contribution in [1.82, 2.24) is 10.2 Å². The monoisotopic (exact) mass is 473 g/mol. The summed E-state index contributed by atoms with van der Waals surface area (Å²) < 4.78 is 19.3. The van der Waals surface area contributed by atoms with E-state index < -0.39 is 5.91 Å². The first-order valence-electron chi connectivity index (χ1n) is 9.20. The Morgan fingerprint density at radius 3 is 2.50 bits per heavy atom. The van der Waals surface area contributed by atoms with Crippen LogP contribution in [-0.4, -0.2) is 37.4 Å². The third-order valence-corrected chi connectivity index (χ3v) is 4.92. The molecule has 156 valence electrons. The second-order valence-electron chi connectivity index (χ2n) is 6.88. The number of anilines is 1. The van der Waals surface area contributed by atoms with Gasteiger partial charge in [0, 0.05) is 17.8 Å². The lowest BCUT2D eigenvalue weighted by Gasteiger charge is -2.25. The summed E-state index contributed by atoms with van der Waals surface area (Å²) in [5.41, 5.74) is 1.63. The maximum absolute atomic E-state index is 13.6. The fourth-order valence-electron chi connectivity index (χ4n) is 2.97. The molecule has 1 unspecified atom stereocenters. The summed E-state index contributed by atoms with van der Waals surface area (Å²) in [6.45, 7) is 0.298. The molecule has 0 spiro atoms. The van der Waals surface area contributed by atoms with Crippen LogP contribution in [0.15, 0.2) is 69.8 Å². The maximum atomic E-state index is 13.6. The number of nitrogens with one attached hydrogen (secondary N) is 2. The van der Waals surface area contributed by atoms with Gasteiger partial charge in [-0.25, -0.2) is 4.39 Å². The highest BCUT2D eigenvalue weighted by Crippen LogP contribution is 2.19. The van der Waals surface area contributed by atoms with Gasteiger partial charge in [0.15, 0.2) is 10.4 Å². The lowest BCUT2D eigenvalue weighted by Crippen LogP contribution is -2.34. The molecule has 0 radical (unpaired) electrons. The molecule has 0 fully saturated rings. The molecule has 0 aliphatic rings. The molecular weight excluding hydrogens is 453 g/mol. The fourth-order valence-corrected chi connectivity index (χ4v) is 3.28. The normalized spacial score (nSPS) is 11.9. The zero-order chi connectivity index (χ0) is 21.7. The van der Waals surface area contributed by atoms with Crippen LogP contribution in [0.1, 0.15) is 32.5 Å². The van der Waals surface area contributed by atoms with Gasteiger partial charge in [-0.1, -0.05) is 18.2 Å². The Balaban J connectivity index is 1.66. The van der Waals surface area contributed by atoms with Crippen molar-refractivity contribution in [2.45, 2.75) is 6.04 Å². The van der Waals surface area contributed by atoms with Crippen molar-refractivity contribution in [1.29, 1.82) is 0 Å². The number of amides is 2. The van der Waals surface area contributed by atoms with Crippen molar-refractivity contribution in [2.75, 3.05) is 26.0 Å². The molecular formula is C22H21BrFN3O3. The number of hydrogen-bond donors (Lipinski definition) is 2. The average molecular weight is 474 g/mol. The number of likely N-dealkylation sites (N-methyl/N-ethyl adjacent to an activating group) is 1. The summed E-state index contributed by atoms with van der Waals surface area (Å²) in [6.07, 6.45) is 0. The molecule has 2 aromatic carbocycles. The van der Waals surface area contributed by atoms with Gasteiger partial charge in [-0.05, 0) is 78.1 Å². The van der Waals surface area contributed by atoms with Gasteiger partial charge in [-0.2, -0.15) is 0 Å². The Morgan fingerprint density at radius 1 is 1.07 bits per heavy atom. The van der Waals surface area contributed by atoms with Crippen molar-refractivity contribution in [3.05, 3.63) is 88.0 Å². The molecule has 0 saturated heterocycles. The Hall–Kier alpha value is -2.97. The average Bonchev–Trinajstić information content (AvgIpc) is 3.14. The number of hydrogen-bond acceptors (Lipinski definition) is 4. The van der Waals surface area contributed by atoms with Gasteiger partial charge in [0.1, 0.15) is 5.82 Å². The van der Waals surface area contributed by atoms with Crippen LogP contribution in [0.25, 0.3) is 0 Å². The molecule has 0 aliphatic heterocycles. The molecule has 0 bridgehead atoms. The summed E-state index contributed by atoms with van der Waals surface area (Å²) in [7, 11) is 3.73. The zero-order valence-electron chi connectivity index (χ0n) is 16.5. The lowest BCUT2D eigenvalue weighted by atomic mass is 10.1. The predicted molar refractivity (Wildman–Crippen MR) is 116 cm³/mol. The van der Waals surface area contributed by atoms with Crippen molar-refractivity contribution in [3.63, 3.8) is 0 Å². The van der Waals surface area contributed by atoms with Gasteiger partial charge >= 0.3 is 0 Å². The van der Waals surface area contributed by atoms with E-state index in [1.807, 2.05) is 25.1 Å². The molecule has 2 N–H and O–H groups in total. The predicted octanol–water partition coefficient (Wildman–Crippen LogP) is 4.47. The molecule has 30 heavy (non-hydrogen) atoms. The first-order chi connectivity index (χ1) is 14.3. The van der Waals surface area contributed by atoms with Gasteiger partial charge < -0.3 is 20.0 Å². The molecule has 1 atom stereocenters. The molecule has 2 amide bonds. The van der Waals surface area contributed by atoms with Crippen molar-refractivity contribution < 1.29 is 18.4 Å². The summed E-state index contributed by atoms with van der Waals surface area (Å²) in [5, 5.41) is 5.57. The van der Waals surface area contributed by atoms with E-state index in [2.05, 4.69) is 26.6 Å². The molecule has 3 rings (SSSR count). The Labute approximate surface area is 182 Å². The Morgan fingerprint density at radius 2 is 1.83 bits per heavy atom. The van der Waals surface area contributed by atoms with Gasteiger partial charge in [0.2, 0.25) is 0 Å². The second-order valence-corrected chi connectivity index (χ2v) is 7.66. The smallest absolute Gasteiger partial charge is 0.291 e. The van der Waals surface area contributed by atoms with Gasteiger partial charge in [-0.3, -0.25) is 9.59 Å². The molecule has 3 aromatic rings. The van der Waals surface area contributed by atoms with E-state index >= 15 is 0 Å². The summed E-state index contributed by atoms with van der Waals surface area (Å²) in [4.78, 5) is 26.8. The minimum Gasteiger partial charge on any atom is -0.444 e.